The molecule has 0 atom stereocenters. The Labute approximate surface area is 121 Å². The minimum atomic E-state index is -0.420. The van der Waals surface area contributed by atoms with Gasteiger partial charge < -0.3 is 20.0 Å². The van der Waals surface area contributed by atoms with Crippen LogP contribution in [0.5, 0.6) is 0 Å². The van der Waals surface area contributed by atoms with E-state index in [0.29, 0.717) is 18.0 Å². The highest BCUT2D eigenvalue weighted by atomic mass is 16.5. The Bertz CT molecular complexity index is 816. The van der Waals surface area contributed by atoms with Crippen molar-refractivity contribution in [2.75, 3.05) is 12.3 Å². The molecule has 0 saturated heterocycles. The third-order valence-corrected chi connectivity index (χ3v) is 3.38. The molecule has 0 aliphatic rings. The summed E-state index contributed by atoms with van der Waals surface area (Å²) in [6.45, 7) is 2.08. The van der Waals surface area contributed by atoms with Crippen molar-refractivity contribution in [1.29, 1.82) is 0 Å². The van der Waals surface area contributed by atoms with Gasteiger partial charge in [-0.1, -0.05) is 6.07 Å². The van der Waals surface area contributed by atoms with Crippen molar-refractivity contribution in [3.8, 4) is 11.3 Å². The van der Waals surface area contributed by atoms with Crippen LogP contribution in [0.15, 0.2) is 30.6 Å². The molecule has 2 heterocycles. The zero-order chi connectivity index (χ0) is 15.0. The van der Waals surface area contributed by atoms with Gasteiger partial charge in [0.15, 0.2) is 0 Å². The SMILES string of the molecule is CCOC(=O)c1cc(-c2ccc3c(c2)ncn3C)[nH]c1N. The summed E-state index contributed by atoms with van der Waals surface area (Å²) in [4.78, 5) is 19.1. The van der Waals surface area contributed by atoms with Crippen molar-refractivity contribution >= 4 is 22.8 Å². The highest BCUT2D eigenvalue weighted by Gasteiger charge is 2.15. The summed E-state index contributed by atoms with van der Waals surface area (Å²) in [5.41, 5.74) is 9.83. The third-order valence-electron chi connectivity index (χ3n) is 3.38. The normalized spacial score (nSPS) is 11.0. The summed E-state index contributed by atoms with van der Waals surface area (Å²) in [6.07, 6.45) is 1.77. The van der Waals surface area contributed by atoms with Gasteiger partial charge in [-0.05, 0) is 25.1 Å². The Morgan fingerprint density at radius 3 is 3.00 bits per heavy atom. The number of rotatable bonds is 3. The van der Waals surface area contributed by atoms with Crippen LogP contribution in [0, 0.1) is 0 Å². The molecule has 1 aromatic carbocycles. The van der Waals surface area contributed by atoms with Crippen molar-refractivity contribution in [2.24, 2.45) is 7.05 Å². The lowest BCUT2D eigenvalue weighted by molar-refractivity contribution is 0.0528. The molecular formula is C15H16N4O2. The Hall–Kier alpha value is -2.76. The number of carbonyl (C=O) groups excluding carboxylic acids is 1. The first-order valence-electron chi connectivity index (χ1n) is 6.67. The van der Waals surface area contributed by atoms with Crippen molar-refractivity contribution in [3.63, 3.8) is 0 Å². The van der Waals surface area contributed by atoms with Gasteiger partial charge in [-0.2, -0.15) is 0 Å². The van der Waals surface area contributed by atoms with Gasteiger partial charge in [0.2, 0.25) is 0 Å². The summed E-state index contributed by atoms with van der Waals surface area (Å²) >= 11 is 0. The van der Waals surface area contributed by atoms with Crippen LogP contribution in [0.2, 0.25) is 0 Å². The molecule has 0 unspecified atom stereocenters. The topological polar surface area (TPSA) is 85.9 Å². The van der Waals surface area contributed by atoms with Crippen molar-refractivity contribution < 1.29 is 9.53 Å². The first-order chi connectivity index (χ1) is 10.1. The van der Waals surface area contributed by atoms with Gasteiger partial charge in [-0.15, -0.1) is 0 Å². The molecule has 2 aromatic heterocycles. The van der Waals surface area contributed by atoms with Gasteiger partial charge in [0.1, 0.15) is 11.4 Å². The number of aromatic nitrogens is 3. The minimum absolute atomic E-state index is 0.310. The number of nitrogens with one attached hydrogen (secondary N) is 1. The summed E-state index contributed by atoms with van der Waals surface area (Å²) in [5.74, 6) is -0.110. The molecular weight excluding hydrogens is 268 g/mol. The largest absolute Gasteiger partial charge is 0.462 e. The van der Waals surface area contributed by atoms with Crippen LogP contribution in [-0.4, -0.2) is 27.1 Å². The number of imidazole rings is 1. The van der Waals surface area contributed by atoms with Crippen molar-refractivity contribution in [3.05, 3.63) is 36.2 Å². The van der Waals surface area contributed by atoms with Crippen LogP contribution in [-0.2, 0) is 11.8 Å². The van der Waals surface area contributed by atoms with Crippen LogP contribution in [0.3, 0.4) is 0 Å². The maximum atomic E-state index is 11.8. The number of nitrogens with zero attached hydrogens (tertiary/aromatic N) is 2. The van der Waals surface area contributed by atoms with E-state index in [9.17, 15) is 4.79 Å². The average Bonchev–Trinajstić information content (AvgIpc) is 3.03. The van der Waals surface area contributed by atoms with E-state index < -0.39 is 5.97 Å². The maximum absolute atomic E-state index is 11.8. The van der Waals surface area contributed by atoms with Gasteiger partial charge >= 0.3 is 5.97 Å². The van der Waals surface area contributed by atoms with Crippen molar-refractivity contribution in [2.45, 2.75) is 6.92 Å². The molecule has 3 rings (SSSR count). The average molecular weight is 284 g/mol. The lowest BCUT2D eigenvalue weighted by atomic mass is 10.1. The van der Waals surface area contributed by atoms with E-state index >= 15 is 0 Å². The highest BCUT2D eigenvalue weighted by molar-refractivity contribution is 5.96. The number of benzene rings is 1. The summed E-state index contributed by atoms with van der Waals surface area (Å²) in [5, 5.41) is 0. The number of nitrogen functional groups attached to an aromatic ring is 1. The molecule has 21 heavy (non-hydrogen) atoms. The number of fused-ring (bicyclic) bond motifs is 1. The quantitative estimate of drug-likeness (QED) is 0.723. The van der Waals surface area contributed by atoms with E-state index in [2.05, 4.69) is 9.97 Å². The van der Waals surface area contributed by atoms with E-state index in [4.69, 9.17) is 10.5 Å². The molecule has 3 aromatic rings. The lowest BCUT2D eigenvalue weighted by Crippen LogP contribution is -2.05. The Morgan fingerprint density at radius 1 is 1.43 bits per heavy atom. The second-order valence-corrected chi connectivity index (χ2v) is 4.79. The molecule has 0 radical (unpaired) electrons. The van der Waals surface area contributed by atoms with E-state index in [1.54, 1.807) is 19.3 Å². The van der Waals surface area contributed by atoms with Crippen LogP contribution in [0.1, 0.15) is 17.3 Å². The minimum Gasteiger partial charge on any atom is -0.462 e. The smallest absolute Gasteiger partial charge is 0.341 e. The van der Waals surface area contributed by atoms with E-state index in [1.165, 1.54) is 0 Å². The van der Waals surface area contributed by atoms with Crippen LogP contribution < -0.4 is 5.73 Å². The summed E-state index contributed by atoms with van der Waals surface area (Å²) in [6, 6.07) is 7.61. The lowest BCUT2D eigenvalue weighted by Gasteiger charge is -1.99. The number of hydrogen-bond donors (Lipinski definition) is 2. The predicted octanol–water partition coefficient (Wildman–Crippen LogP) is 2.33. The molecule has 0 spiro atoms. The summed E-state index contributed by atoms with van der Waals surface area (Å²) in [7, 11) is 1.94. The maximum Gasteiger partial charge on any atom is 0.341 e. The van der Waals surface area contributed by atoms with Gasteiger partial charge in [0.25, 0.3) is 0 Å². The number of aromatic amines is 1. The number of H-pyrrole nitrogens is 1. The fourth-order valence-corrected chi connectivity index (χ4v) is 2.31. The second-order valence-electron chi connectivity index (χ2n) is 4.79. The zero-order valence-corrected chi connectivity index (χ0v) is 11.9. The Kier molecular flexibility index (Phi) is 3.13. The number of esters is 1. The molecule has 0 amide bonds. The molecule has 6 nitrogen and oxygen atoms in total. The fraction of sp³-hybridized carbons (Fsp3) is 0.200. The van der Waals surface area contributed by atoms with Gasteiger partial charge in [0, 0.05) is 18.3 Å². The first kappa shape index (κ1) is 13.2. The fourth-order valence-electron chi connectivity index (χ4n) is 2.31. The van der Waals surface area contributed by atoms with E-state index in [0.717, 1.165) is 22.3 Å². The van der Waals surface area contributed by atoms with Crippen LogP contribution in [0.25, 0.3) is 22.3 Å². The van der Waals surface area contributed by atoms with E-state index in [-0.39, 0.29) is 0 Å². The van der Waals surface area contributed by atoms with Crippen molar-refractivity contribution in [1.82, 2.24) is 14.5 Å². The molecule has 108 valence electrons. The van der Waals surface area contributed by atoms with Crippen LogP contribution in [0.4, 0.5) is 5.82 Å². The monoisotopic (exact) mass is 284 g/mol. The number of carbonyl (C=O) groups is 1. The molecule has 3 N–H and O–H groups in total. The van der Waals surface area contributed by atoms with E-state index in [1.807, 2.05) is 29.8 Å². The summed E-state index contributed by atoms with van der Waals surface area (Å²) < 4.78 is 6.93. The predicted molar refractivity (Wildman–Crippen MR) is 80.9 cm³/mol. The molecule has 0 fully saturated rings. The number of nitrogens with two attached hydrogens (primary N) is 1. The zero-order valence-electron chi connectivity index (χ0n) is 11.9. The van der Waals surface area contributed by atoms with Gasteiger partial charge in [0.05, 0.1) is 24.0 Å². The standard InChI is InChI=1S/C15H16N4O2/c1-3-21-15(20)10-7-11(18-14(10)16)9-4-5-13-12(6-9)17-8-19(13)2/h4-8,18H,3,16H2,1-2H3. The Morgan fingerprint density at radius 2 is 2.24 bits per heavy atom. The first-order valence-corrected chi connectivity index (χ1v) is 6.67. The number of hydrogen-bond acceptors (Lipinski definition) is 4. The number of ether oxygens (including phenoxy) is 1. The van der Waals surface area contributed by atoms with Gasteiger partial charge in [-0.3, -0.25) is 0 Å². The number of anilines is 1. The molecule has 0 bridgehead atoms. The van der Waals surface area contributed by atoms with Crippen LogP contribution >= 0.6 is 0 Å². The molecule has 0 aliphatic heterocycles. The second kappa shape index (κ2) is 4.97. The third kappa shape index (κ3) is 2.24. The molecule has 0 aliphatic carbocycles. The molecule has 0 saturated carbocycles. The Balaban J connectivity index is 2.02. The van der Waals surface area contributed by atoms with Gasteiger partial charge in [-0.25, -0.2) is 9.78 Å². The number of aryl methyl sites for hydroxylation is 1. The molecule has 6 heteroatoms. The highest BCUT2D eigenvalue weighted by Crippen LogP contribution is 2.26.